The van der Waals surface area contributed by atoms with E-state index in [9.17, 15) is 43.5 Å². The third-order valence-corrected chi connectivity index (χ3v) is 14.5. The van der Waals surface area contributed by atoms with Crippen LogP contribution >= 0.6 is 15.6 Å². The number of esters is 3. The van der Waals surface area contributed by atoms with E-state index < -0.39 is 91.5 Å². The van der Waals surface area contributed by atoms with E-state index in [1.54, 1.807) is 0 Å². The van der Waals surface area contributed by atoms with Gasteiger partial charge in [-0.2, -0.15) is 0 Å². The zero-order chi connectivity index (χ0) is 63.8. The van der Waals surface area contributed by atoms with E-state index in [0.717, 1.165) is 148 Å². The summed E-state index contributed by atoms with van der Waals surface area (Å²) in [6.45, 7) is 2.17. The Morgan fingerprint density at radius 1 is 0.322 bits per heavy atom. The van der Waals surface area contributed by atoms with Gasteiger partial charge in [-0.25, -0.2) is 9.13 Å². The van der Waals surface area contributed by atoms with Crippen LogP contribution in [0.4, 0.5) is 0 Å². The summed E-state index contributed by atoms with van der Waals surface area (Å²) in [6.07, 6.45) is 72.0. The van der Waals surface area contributed by atoms with Gasteiger partial charge in [-0.15, -0.1) is 0 Å². The molecular formula is C69H112O16P2. The van der Waals surface area contributed by atoms with E-state index >= 15 is 0 Å². The number of allylic oxidation sites excluding steroid dienone is 24. The molecule has 0 aliphatic carbocycles. The predicted molar refractivity (Wildman–Crippen MR) is 352 cm³/mol. The topological polar surface area (TPSA) is 231 Å². The second-order valence-corrected chi connectivity index (χ2v) is 23.7. The molecule has 0 bridgehead atoms. The third-order valence-electron chi connectivity index (χ3n) is 12.6. The highest BCUT2D eigenvalue weighted by molar-refractivity contribution is 7.47. The first-order chi connectivity index (χ1) is 42.2. The lowest BCUT2D eigenvalue weighted by Gasteiger charge is -2.21. The maximum Gasteiger partial charge on any atom is 0.472 e. The fraction of sp³-hybridized carbons (Fsp3) is 0.609. The Morgan fingerprint density at radius 2 is 0.598 bits per heavy atom. The van der Waals surface area contributed by atoms with Crippen LogP contribution in [-0.4, -0.2) is 95.9 Å². The van der Waals surface area contributed by atoms with Gasteiger partial charge in [0.25, 0.3) is 0 Å². The van der Waals surface area contributed by atoms with E-state index in [1.807, 2.05) is 18.2 Å². The number of rotatable bonds is 59. The van der Waals surface area contributed by atoms with E-state index in [2.05, 4.69) is 148 Å². The molecule has 494 valence electrons. The van der Waals surface area contributed by atoms with Gasteiger partial charge in [-0.1, -0.05) is 218 Å². The standard InChI is InChI=1S/C69H112O16P2/c1-4-7-10-13-16-19-22-25-28-30-31-33-36-37-40-43-46-49-52-55-67(72)79-58-64(70)59-81-86(75,76)82-60-65(71)61-83-87(77,78)84-63-66(85-69(74)57-54-51-48-45-42-39-34-27-24-21-18-15-12-9-6-3)62-80-68(73)56-53-50-47-44-41-38-35-32-29-26-23-20-17-14-11-8-5-2/h7-12,16-21,25-29,31,33-34,37,40,46,49,64-66,70-71H,4-6,13-15,22-24,30,32,35-36,38-39,41-45,47-48,50-63H2,1-3H3,(H,75,76)(H,77,78)/b10-7-,11-8-,12-9-,19-16-,20-17-,21-18-,28-25-,29-26-,33-31-,34-27-,40-37-,49-46-. The molecule has 4 N–H and O–H groups in total. The number of aliphatic hydroxyl groups is 2. The largest absolute Gasteiger partial charge is 0.472 e. The lowest BCUT2D eigenvalue weighted by Crippen LogP contribution is -2.30. The number of hydrogen-bond donors (Lipinski definition) is 4. The molecular weight excluding hydrogens is 1150 g/mol. The average Bonchev–Trinajstić information content (AvgIpc) is 3.68. The summed E-state index contributed by atoms with van der Waals surface area (Å²) in [5, 5.41) is 20.5. The summed E-state index contributed by atoms with van der Waals surface area (Å²) in [5.41, 5.74) is 0. The molecule has 0 amide bonds. The predicted octanol–water partition coefficient (Wildman–Crippen LogP) is 17.4. The lowest BCUT2D eigenvalue weighted by atomic mass is 10.1. The number of ether oxygens (including phenoxy) is 3. The van der Waals surface area contributed by atoms with Gasteiger partial charge in [-0.3, -0.25) is 32.5 Å². The van der Waals surface area contributed by atoms with E-state index in [1.165, 1.54) is 0 Å². The van der Waals surface area contributed by atoms with Gasteiger partial charge in [0.2, 0.25) is 0 Å². The summed E-state index contributed by atoms with van der Waals surface area (Å²) < 4.78 is 60.7. The molecule has 0 heterocycles. The highest BCUT2D eigenvalue weighted by Crippen LogP contribution is 2.45. The van der Waals surface area contributed by atoms with Gasteiger partial charge in [-0.05, 0) is 122 Å². The number of phosphoric ester groups is 2. The van der Waals surface area contributed by atoms with Crippen molar-refractivity contribution in [1.82, 2.24) is 0 Å². The number of carbonyl (C=O) groups excluding carboxylic acids is 3. The third kappa shape index (κ3) is 62.8. The highest BCUT2D eigenvalue weighted by Gasteiger charge is 2.29. The van der Waals surface area contributed by atoms with E-state index in [4.69, 9.17) is 32.3 Å². The molecule has 5 unspecified atom stereocenters. The van der Waals surface area contributed by atoms with Crippen molar-refractivity contribution in [2.45, 2.75) is 232 Å². The molecule has 16 nitrogen and oxygen atoms in total. The van der Waals surface area contributed by atoms with Crippen LogP contribution in [0.2, 0.25) is 0 Å². The number of hydrogen-bond acceptors (Lipinski definition) is 14. The van der Waals surface area contributed by atoms with Crippen LogP contribution in [0.5, 0.6) is 0 Å². The minimum Gasteiger partial charge on any atom is -0.463 e. The molecule has 0 aromatic carbocycles. The minimum absolute atomic E-state index is 0.0554. The van der Waals surface area contributed by atoms with Crippen molar-refractivity contribution < 1.29 is 75.8 Å². The molecule has 0 rings (SSSR count). The number of phosphoric acid groups is 2. The fourth-order valence-corrected chi connectivity index (χ4v) is 9.33. The number of unbranched alkanes of at least 4 members (excludes halogenated alkanes) is 12. The lowest BCUT2D eigenvalue weighted by molar-refractivity contribution is -0.161. The maximum absolute atomic E-state index is 12.9. The summed E-state index contributed by atoms with van der Waals surface area (Å²) >= 11 is 0. The van der Waals surface area contributed by atoms with Crippen molar-refractivity contribution in [2.75, 3.05) is 39.6 Å². The van der Waals surface area contributed by atoms with Crippen molar-refractivity contribution in [3.8, 4) is 0 Å². The first-order valence-corrected chi connectivity index (χ1v) is 35.1. The van der Waals surface area contributed by atoms with Crippen molar-refractivity contribution in [3.63, 3.8) is 0 Å². The zero-order valence-corrected chi connectivity index (χ0v) is 54.9. The summed E-state index contributed by atoms with van der Waals surface area (Å²) in [5.74, 6) is -1.70. The maximum atomic E-state index is 12.9. The Bertz CT molecular complexity index is 2170. The molecule has 0 aromatic rings. The Hall–Kier alpha value is -4.57. The molecule has 0 spiro atoms. The molecule has 18 heteroatoms. The van der Waals surface area contributed by atoms with Crippen LogP contribution < -0.4 is 0 Å². The Labute approximate surface area is 524 Å². The van der Waals surface area contributed by atoms with Crippen molar-refractivity contribution in [3.05, 3.63) is 146 Å². The monoisotopic (exact) mass is 1260 g/mol. The van der Waals surface area contributed by atoms with Gasteiger partial charge < -0.3 is 34.2 Å². The van der Waals surface area contributed by atoms with Crippen LogP contribution in [0.1, 0.15) is 213 Å². The van der Waals surface area contributed by atoms with E-state index in [0.29, 0.717) is 25.7 Å². The molecule has 0 fully saturated rings. The zero-order valence-electron chi connectivity index (χ0n) is 53.1. The summed E-state index contributed by atoms with van der Waals surface area (Å²) in [6, 6.07) is 0. The molecule has 0 radical (unpaired) electrons. The highest BCUT2D eigenvalue weighted by atomic mass is 31.2. The van der Waals surface area contributed by atoms with Gasteiger partial charge in [0, 0.05) is 19.3 Å². The Kier molecular flexibility index (Phi) is 58.4. The normalized spacial score (nSPS) is 15.3. The van der Waals surface area contributed by atoms with Gasteiger partial charge in [0.15, 0.2) is 6.10 Å². The summed E-state index contributed by atoms with van der Waals surface area (Å²) in [4.78, 5) is 58.2. The van der Waals surface area contributed by atoms with Crippen molar-refractivity contribution in [2.24, 2.45) is 0 Å². The minimum atomic E-state index is -4.94. The molecule has 0 saturated carbocycles. The van der Waals surface area contributed by atoms with Crippen LogP contribution in [0.25, 0.3) is 0 Å². The first-order valence-electron chi connectivity index (χ1n) is 32.1. The Morgan fingerprint density at radius 3 is 0.977 bits per heavy atom. The second kappa shape index (κ2) is 61.7. The van der Waals surface area contributed by atoms with Crippen LogP contribution in [0.15, 0.2) is 146 Å². The Balaban J connectivity index is 4.78. The van der Waals surface area contributed by atoms with Crippen LogP contribution in [-0.2, 0) is 55.8 Å². The molecule has 5 atom stereocenters. The second-order valence-electron chi connectivity index (χ2n) is 20.8. The number of aliphatic hydroxyl groups excluding tert-OH is 2. The molecule has 0 aliphatic heterocycles. The molecule has 0 aliphatic rings. The van der Waals surface area contributed by atoms with Crippen LogP contribution in [0, 0.1) is 0 Å². The molecule has 0 saturated heterocycles. The first kappa shape index (κ1) is 82.4. The smallest absolute Gasteiger partial charge is 0.463 e. The molecule has 87 heavy (non-hydrogen) atoms. The summed E-state index contributed by atoms with van der Waals surface area (Å²) in [7, 11) is -9.81. The quantitative estimate of drug-likeness (QED) is 0.0146. The number of carbonyl (C=O) groups is 3. The van der Waals surface area contributed by atoms with Gasteiger partial charge in [0.1, 0.15) is 25.4 Å². The fourth-order valence-electron chi connectivity index (χ4n) is 7.74. The van der Waals surface area contributed by atoms with Gasteiger partial charge >= 0.3 is 33.6 Å². The van der Waals surface area contributed by atoms with Crippen molar-refractivity contribution >= 4 is 33.6 Å². The van der Waals surface area contributed by atoms with Gasteiger partial charge in [0.05, 0.1) is 26.4 Å². The van der Waals surface area contributed by atoms with Crippen molar-refractivity contribution in [1.29, 1.82) is 0 Å². The SMILES string of the molecule is CC/C=C\C/C=C\C/C=C\C/C=C\C/C=C\C/C=C\CCC(=O)OCC(O)COP(=O)(O)OCC(O)COP(=O)(O)OCC(COC(=O)CCCCCCCCC/C=C\C/C=C\C/C=C\CC)OC(=O)CCCCCCC/C=C\C/C=C\C/C=C\CC. The van der Waals surface area contributed by atoms with E-state index in [-0.39, 0.29) is 19.3 Å². The molecule has 0 aromatic heterocycles. The van der Waals surface area contributed by atoms with Crippen LogP contribution in [0.3, 0.4) is 0 Å². The average molecular weight is 1260 g/mol.